The highest BCUT2D eigenvalue weighted by Crippen LogP contribution is 2.20. The minimum Gasteiger partial charge on any atom is -0.212 e. The van der Waals surface area contributed by atoms with E-state index < -0.39 is 20.0 Å². The molecule has 0 aromatic heterocycles. The summed E-state index contributed by atoms with van der Waals surface area (Å²) in [5.74, 6) is 0.116. The molecular weight excluding hydrogens is 348 g/mol. The Balaban J connectivity index is 2.00. The molecule has 1 saturated heterocycles. The molecule has 136 valence electrons. The Morgan fingerprint density at radius 3 is 2.21 bits per heavy atom. The molecule has 1 heterocycles. The van der Waals surface area contributed by atoms with E-state index in [2.05, 4.69) is 4.72 Å². The van der Waals surface area contributed by atoms with Gasteiger partial charge in [0.2, 0.25) is 20.0 Å². The van der Waals surface area contributed by atoms with Gasteiger partial charge in [-0.1, -0.05) is 31.9 Å². The topological polar surface area (TPSA) is 83.5 Å². The third-order valence-electron chi connectivity index (χ3n) is 4.14. The molecule has 0 bridgehead atoms. The highest BCUT2D eigenvalue weighted by molar-refractivity contribution is 7.89. The zero-order chi connectivity index (χ0) is 17.6. The van der Waals surface area contributed by atoms with Gasteiger partial charge >= 0.3 is 0 Å². The second-order valence-electron chi connectivity index (χ2n) is 6.10. The van der Waals surface area contributed by atoms with Gasteiger partial charge in [0, 0.05) is 19.6 Å². The zero-order valence-electron chi connectivity index (χ0n) is 14.1. The van der Waals surface area contributed by atoms with Gasteiger partial charge in [-0.25, -0.2) is 21.6 Å². The summed E-state index contributed by atoms with van der Waals surface area (Å²) in [6.45, 7) is 3.26. The second kappa shape index (κ2) is 8.42. The third-order valence-corrected chi connectivity index (χ3v) is 7.46. The number of piperidine rings is 1. The number of nitrogens with one attached hydrogen (secondary N) is 1. The fourth-order valence-corrected chi connectivity index (χ4v) is 5.35. The molecule has 2 rings (SSSR count). The molecule has 0 spiro atoms. The Labute approximate surface area is 145 Å². The maximum Gasteiger partial charge on any atom is 0.243 e. The van der Waals surface area contributed by atoms with Crippen LogP contribution in [-0.4, -0.2) is 40.0 Å². The van der Waals surface area contributed by atoms with Gasteiger partial charge < -0.3 is 0 Å². The normalized spacial score (nSPS) is 17.0. The van der Waals surface area contributed by atoms with Crippen molar-refractivity contribution in [2.24, 2.45) is 0 Å². The zero-order valence-corrected chi connectivity index (χ0v) is 15.7. The predicted octanol–water partition coefficient (Wildman–Crippen LogP) is 2.08. The number of unbranched alkanes of at least 4 members (excludes halogenated alkanes) is 1. The van der Waals surface area contributed by atoms with Crippen molar-refractivity contribution in [3.63, 3.8) is 0 Å². The molecule has 8 heteroatoms. The van der Waals surface area contributed by atoms with Gasteiger partial charge in [-0.2, -0.15) is 4.31 Å². The fourth-order valence-electron chi connectivity index (χ4n) is 2.63. The molecule has 1 N–H and O–H groups in total. The average molecular weight is 375 g/mol. The molecule has 0 amide bonds. The Morgan fingerprint density at radius 1 is 1.00 bits per heavy atom. The van der Waals surface area contributed by atoms with Gasteiger partial charge in [0.25, 0.3) is 0 Å². The van der Waals surface area contributed by atoms with Crippen molar-refractivity contribution in [1.82, 2.24) is 9.03 Å². The van der Waals surface area contributed by atoms with Gasteiger partial charge in [0.05, 0.1) is 10.6 Å². The number of sulfonamides is 2. The number of nitrogens with zero attached hydrogens (tertiary/aromatic N) is 1. The van der Waals surface area contributed by atoms with E-state index in [9.17, 15) is 16.8 Å². The van der Waals surface area contributed by atoms with E-state index in [1.165, 1.54) is 4.31 Å². The molecule has 24 heavy (non-hydrogen) atoms. The van der Waals surface area contributed by atoms with E-state index in [-0.39, 0.29) is 17.2 Å². The highest BCUT2D eigenvalue weighted by atomic mass is 32.2. The van der Waals surface area contributed by atoms with Gasteiger partial charge in [-0.05, 0) is 37.0 Å². The van der Waals surface area contributed by atoms with Crippen LogP contribution in [0, 0.1) is 0 Å². The molecule has 6 nitrogen and oxygen atoms in total. The van der Waals surface area contributed by atoms with Gasteiger partial charge in [-0.15, -0.1) is 0 Å². The van der Waals surface area contributed by atoms with Crippen molar-refractivity contribution in [3.05, 3.63) is 29.8 Å². The van der Waals surface area contributed by atoms with Crippen LogP contribution in [0.2, 0.25) is 0 Å². The van der Waals surface area contributed by atoms with E-state index in [0.29, 0.717) is 19.5 Å². The quantitative estimate of drug-likeness (QED) is 0.755. The van der Waals surface area contributed by atoms with Crippen LogP contribution in [0.5, 0.6) is 0 Å². The van der Waals surface area contributed by atoms with Crippen molar-refractivity contribution >= 4 is 20.0 Å². The summed E-state index contributed by atoms with van der Waals surface area (Å²) in [5, 5.41) is 0. The summed E-state index contributed by atoms with van der Waals surface area (Å²) in [5.41, 5.74) is 0.743. The van der Waals surface area contributed by atoms with E-state index >= 15 is 0 Å². The predicted molar refractivity (Wildman–Crippen MR) is 94.6 cm³/mol. The van der Waals surface area contributed by atoms with Crippen LogP contribution in [0.1, 0.15) is 44.6 Å². The van der Waals surface area contributed by atoms with E-state index in [1.54, 1.807) is 24.3 Å². The van der Waals surface area contributed by atoms with Gasteiger partial charge in [0.1, 0.15) is 0 Å². The van der Waals surface area contributed by atoms with Crippen LogP contribution < -0.4 is 4.72 Å². The average Bonchev–Trinajstić information content (AvgIpc) is 2.59. The van der Waals surface area contributed by atoms with Crippen LogP contribution in [0.4, 0.5) is 0 Å². The number of hydrogen-bond donors (Lipinski definition) is 1. The second-order valence-corrected chi connectivity index (χ2v) is 9.97. The first-order valence-electron chi connectivity index (χ1n) is 8.41. The minimum absolute atomic E-state index is 0.116. The monoisotopic (exact) mass is 374 g/mol. The Hall–Kier alpha value is -0.960. The lowest BCUT2D eigenvalue weighted by Gasteiger charge is -2.25. The summed E-state index contributed by atoms with van der Waals surface area (Å²) in [6, 6.07) is 6.44. The van der Waals surface area contributed by atoms with Crippen LogP contribution in [0.3, 0.4) is 0 Å². The summed E-state index contributed by atoms with van der Waals surface area (Å²) in [6.07, 6.45) is 4.32. The summed E-state index contributed by atoms with van der Waals surface area (Å²) in [4.78, 5) is 0.266. The van der Waals surface area contributed by atoms with Gasteiger partial charge in [-0.3, -0.25) is 0 Å². The van der Waals surface area contributed by atoms with Crippen LogP contribution in [-0.2, 0) is 26.6 Å². The maximum atomic E-state index is 12.5. The lowest BCUT2D eigenvalue weighted by atomic mass is 10.2. The van der Waals surface area contributed by atoms with E-state index in [0.717, 1.165) is 31.2 Å². The molecule has 0 atom stereocenters. The van der Waals surface area contributed by atoms with Crippen molar-refractivity contribution in [3.8, 4) is 0 Å². The first-order valence-corrected chi connectivity index (χ1v) is 11.5. The Kier molecular flexibility index (Phi) is 6.79. The van der Waals surface area contributed by atoms with E-state index in [4.69, 9.17) is 0 Å². The molecule has 1 aliphatic heterocycles. The molecule has 1 fully saturated rings. The lowest BCUT2D eigenvalue weighted by molar-refractivity contribution is 0.346. The van der Waals surface area contributed by atoms with Crippen molar-refractivity contribution in [1.29, 1.82) is 0 Å². The summed E-state index contributed by atoms with van der Waals surface area (Å²) in [7, 11) is -6.71. The molecule has 1 aromatic rings. The molecule has 0 saturated carbocycles. The first-order chi connectivity index (χ1) is 11.3. The van der Waals surface area contributed by atoms with Crippen molar-refractivity contribution in [2.45, 2.75) is 50.5 Å². The third kappa shape index (κ3) is 5.27. The van der Waals surface area contributed by atoms with E-state index in [1.807, 2.05) is 6.92 Å². The van der Waals surface area contributed by atoms with Crippen molar-refractivity contribution in [2.75, 3.05) is 18.8 Å². The van der Waals surface area contributed by atoms with Crippen LogP contribution >= 0.6 is 0 Å². The highest BCUT2D eigenvalue weighted by Gasteiger charge is 2.25. The lowest BCUT2D eigenvalue weighted by Crippen LogP contribution is -2.35. The Morgan fingerprint density at radius 2 is 1.62 bits per heavy atom. The van der Waals surface area contributed by atoms with Gasteiger partial charge in [0.15, 0.2) is 0 Å². The number of hydrogen-bond acceptors (Lipinski definition) is 4. The Bertz CT molecular complexity index is 722. The molecule has 1 aliphatic rings. The van der Waals surface area contributed by atoms with Crippen molar-refractivity contribution < 1.29 is 16.8 Å². The number of rotatable bonds is 8. The largest absolute Gasteiger partial charge is 0.243 e. The minimum atomic E-state index is -3.44. The smallest absolute Gasteiger partial charge is 0.212 e. The molecule has 0 radical (unpaired) electrons. The SMILES string of the molecule is CCCCS(=O)(=O)NCc1ccc(S(=O)(=O)N2CCCCC2)cc1. The molecule has 0 aliphatic carbocycles. The molecule has 1 aromatic carbocycles. The fraction of sp³-hybridized carbons (Fsp3) is 0.625. The van der Waals surface area contributed by atoms with Crippen LogP contribution in [0.15, 0.2) is 29.2 Å². The first kappa shape index (κ1) is 19.4. The molecule has 0 unspecified atom stereocenters. The summed E-state index contributed by atoms with van der Waals surface area (Å²) < 4.78 is 52.7. The number of benzene rings is 1. The maximum absolute atomic E-state index is 12.5. The summed E-state index contributed by atoms with van der Waals surface area (Å²) >= 11 is 0. The standard InChI is InChI=1S/C16H26N2O4S2/c1-2-3-13-23(19,20)17-14-15-7-9-16(10-8-15)24(21,22)18-11-5-4-6-12-18/h7-10,17H,2-6,11-14H2,1H3. The van der Waals surface area contributed by atoms with Crippen LogP contribution in [0.25, 0.3) is 0 Å². The molecular formula is C16H26N2O4S2.